The Morgan fingerprint density at radius 2 is 2.25 bits per heavy atom. The van der Waals surface area contributed by atoms with E-state index in [1.54, 1.807) is 11.2 Å². The molecule has 5 heteroatoms. The maximum Gasteiger partial charge on any atom is 0.317 e. The highest BCUT2D eigenvalue weighted by Crippen LogP contribution is 2.16. The molecule has 2 amide bonds. The quantitative estimate of drug-likeness (QED) is 0.894. The summed E-state index contributed by atoms with van der Waals surface area (Å²) in [4.78, 5) is 16.1. The lowest BCUT2D eigenvalue weighted by Crippen LogP contribution is -2.42. The Kier molecular flexibility index (Phi) is 5.47. The van der Waals surface area contributed by atoms with Gasteiger partial charge in [-0.3, -0.25) is 0 Å². The molecule has 1 aliphatic heterocycles. The molecular weight excluding hydrogens is 254 g/mol. The van der Waals surface area contributed by atoms with Gasteiger partial charge in [0.15, 0.2) is 0 Å². The molecule has 0 saturated carbocycles. The highest BCUT2D eigenvalue weighted by molar-refractivity contribution is 5.73. The van der Waals surface area contributed by atoms with E-state index in [1.807, 2.05) is 19.2 Å². The minimum Gasteiger partial charge on any atom is -0.469 e. The number of carbonyl (C=O) groups is 1. The van der Waals surface area contributed by atoms with Crippen LogP contribution in [0.2, 0.25) is 0 Å². The second-order valence-electron chi connectivity index (χ2n) is 5.69. The van der Waals surface area contributed by atoms with E-state index in [0.717, 1.165) is 31.8 Å². The van der Waals surface area contributed by atoms with Gasteiger partial charge in [-0.2, -0.15) is 0 Å². The number of hydrogen-bond donors (Lipinski definition) is 1. The van der Waals surface area contributed by atoms with E-state index in [-0.39, 0.29) is 6.03 Å². The molecule has 0 atom stereocenters. The monoisotopic (exact) mass is 279 g/mol. The van der Waals surface area contributed by atoms with Crippen LogP contribution in [0.1, 0.15) is 18.6 Å². The van der Waals surface area contributed by atoms with Gasteiger partial charge >= 0.3 is 6.03 Å². The van der Waals surface area contributed by atoms with Crippen molar-refractivity contribution in [2.45, 2.75) is 19.3 Å². The summed E-state index contributed by atoms with van der Waals surface area (Å²) in [7, 11) is 4.03. The molecule has 0 unspecified atom stereocenters. The first-order valence-corrected chi connectivity index (χ1v) is 7.35. The van der Waals surface area contributed by atoms with Crippen LogP contribution in [0.5, 0.6) is 0 Å². The molecule has 0 bridgehead atoms. The van der Waals surface area contributed by atoms with Gasteiger partial charge in [-0.25, -0.2) is 4.79 Å². The Morgan fingerprint density at radius 1 is 1.50 bits per heavy atom. The summed E-state index contributed by atoms with van der Waals surface area (Å²) in [5.74, 6) is 1.54. The number of nitrogens with one attached hydrogen (secondary N) is 1. The van der Waals surface area contributed by atoms with Crippen molar-refractivity contribution >= 4 is 6.03 Å². The summed E-state index contributed by atoms with van der Waals surface area (Å²) in [5.41, 5.74) is 0. The van der Waals surface area contributed by atoms with Gasteiger partial charge in [0.2, 0.25) is 0 Å². The molecule has 5 nitrogen and oxygen atoms in total. The summed E-state index contributed by atoms with van der Waals surface area (Å²) in [6, 6.07) is 3.80. The van der Waals surface area contributed by atoms with E-state index in [9.17, 15) is 4.79 Å². The minimum absolute atomic E-state index is 0.00971. The number of amides is 2. The number of hydrogen-bond acceptors (Lipinski definition) is 3. The van der Waals surface area contributed by atoms with Crippen molar-refractivity contribution in [1.29, 1.82) is 0 Å². The van der Waals surface area contributed by atoms with E-state index >= 15 is 0 Å². The summed E-state index contributed by atoms with van der Waals surface area (Å²) in [5, 5.41) is 2.94. The number of piperidine rings is 1. The Balaban J connectivity index is 1.64. The predicted molar refractivity (Wildman–Crippen MR) is 78.7 cm³/mol. The van der Waals surface area contributed by atoms with Gasteiger partial charge in [0, 0.05) is 26.6 Å². The Morgan fingerprint density at radius 3 is 2.90 bits per heavy atom. The van der Waals surface area contributed by atoms with Crippen molar-refractivity contribution in [3.05, 3.63) is 24.2 Å². The Labute approximate surface area is 120 Å². The Bertz CT molecular complexity index is 397. The van der Waals surface area contributed by atoms with E-state index in [2.05, 4.69) is 17.3 Å². The van der Waals surface area contributed by atoms with Crippen molar-refractivity contribution in [3.63, 3.8) is 0 Å². The highest BCUT2D eigenvalue weighted by atomic mass is 16.3. The second kappa shape index (κ2) is 7.33. The molecule has 20 heavy (non-hydrogen) atoms. The van der Waals surface area contributed by atoms with Gasteiger partial charge in [0.05, 0.1) is 6.26 Å². The molecule has 2 rings (SSSR count). The van der Waals surface area contributed by atoms with Crippen molar-refractivity contribution in [2.75, 3.05) is 40.3 Å². The van der Waals surface area contributed by atoms with Gasteiger partial charge in [-0.05, 0) is 51.0 Å². The maximum atomic E-state index is 12.0. The minimum atomic E-state index is 0.00971. The molecule has 0 aliphatic carbocycles. The van der Waals surface area contributed by atoms with Crippen molar-refractivity contribution in [2.24, 2.45) is 5.92 Å². The molecule has 1 saturated heterocycles. The zero-order chi connectivity index (χ0) is 14.4. The summed E-state index contributed by atoms with van der Waals surface area (Å²) in [6.07, 6.45) is 4.76. The molecule has 1 aliphatic rings. The fourth-order valence-corrected chi connectivity index (χ4v) is 2.60. The van der Waals surface area contributed by atoms with Crippen LogP contribution in [0.25, 0.3) is 0 Å². The van der Waals surface area contributed by atoms with E-state index < -0.39 is 0 Å². The Hall–Kier alpha value is -1.49. The zero-order valence-electron chi connectivity index (χ0n) is 12.5. The van der Waals surface area contributed by atoms with Crippen molar-refractivity contribution < 1.29 is 9.21 Å². The van der Waals surface area contributed by atoms with Gasteiger partial charge in [-0.1, -0.05) is 0 Å². The van der Waals surface area contributed by atoms with E-state index in [1.165, 1.54) is 12.8 Å². The molecule has 1 N–H and O–H groups in total. The van der Waals surface area contributed by atoms with Gasteiger partial charge in [-0.15, -0.1) is 0 Å². The molecule has 0 spiro atoms. The molecule has 0 radical (unpaired) electrons. The molecule has 0 aromatic carbocycles. The maximum absolute atomic E-state index is 12.0. The van der Waals surface area contributed by atoms with Crippen LogP contribution >= 0.6 is 0 Å². The molecule has 1 aromatic heterocycles. The first-order valence-electron chi connectivity index (χ1n) is 7.35. The number of likely N-dealkylation sites (tertiary alicyclic amines) is 1. The normalized spacial score (nSPS) is 17.1. The standard InChI is InChI=1S/C15H25N3O2/c1-17-9-6-13(7-10-17)12-18(2)15(19)16-8-5-14-4-3-11-20-14/h3-4,11,13H,5-10,12H2,1-2H3,(H,16,19). The SMILES string of the molecule is CN1CCC(CN(C)C(=O)NCCc2ccco2)CC1. The third-order valence-corrected chi connectivity index (χ3v) is 3.94. The topological polar surface area (TPSA) is 48.7 Å². The fourth-order valence-electron chi connectivity index (χ4n) is 2.60. The molecule has 1 fully saturated rings. The van der Waals surface area contributed by atoms with Crippen LogP contribution in [-0.4, -0.2) is 56.1 Å². The summed E-state index contributed by atoms with van der Waals surface area (Å²) in [6.45, 7) is 3.74. The van der Waals surface area contributed by atoms with Crippen molar-refractivity contribution in [3.8, 4) is 0 Å². The lowest BCUT2D eigenvalue weighted by atomic mass is 9.97. The van der Waals surface area contributed by atoms with Crippen LogP contribution in [0, 0.1) is 5.92 Å². The lowest BCUT2D eigenvalue weighted by Gasteiger charge is -2.31. The van der Waals surface area contributed by atoms with Gasteiger partial charge < -0.3 is 19.5 Å². The van der Waals surface area contributed by atoms with Crippen LogP contribution in [0.3, 0.4) is 0 Å². The highest BCUT2D eigenvalue weighted by Gasteiger charge is 2.20. The number of furan rings is 1. The van der Waals surface area contributed by atoms with Gasteiger partial charge in [0.25, 0.3) is 0 Å². The van der Waals surface area contributed by atoms with Crippen molar-refractivity contribution in [1.82, 2.24) is 15.1 Å². The molecule has 112 valence electrons. The number of carbonyl (C=O) groups excluding carboxylic acids is 1. The van der Waals surface area contributed by atoms with E-state index in [4.69, 9.17) is 4.42 Å². The largest absolute Gasteiger partial charge is 0.469 e. The fraction of sp³-hybridized carbons (Fsp3) is 0.667. The second-order valence-corrected chi connectivity index (χ2v) is 5.69. The lowest BCUT2D eigenvalue weighted by molar-refractivity contribution is 0.170. The average Bonchev–Trinajstić information content (AvgIpc) is 2.94. The molecule has 2 heterocycles. The van der Waals surface area contributed by atoms with Crippen LogP contribution in [0.15, 0.2) is 22.8 Å². The summed E-state index contributed by atoms with van der Waals surface area (Å²) >= 11 is 0. The van der Waals surface area contributed by atoms with Crippen LogP contribution in [-0.2, 0) is 6.42 Å². The first kappa shape index (κ1) is 14.9. The van der Waals surface area contributed by atoms with Crippen LogP contribution < -0.4 is 5.32 Å². The number of rotatable bonds is 5. The van der Waals surface area contributed by atoms with Gasteiger partial charge in [0.1, 0.15) is 5.76 Å². The number of nitrogens with zero attached hydrogens (tertiary/aromatic N) is 2. The summed E-state index contributed by atoms with van der Waals surface area (Å²) < 4.78 is 5.24. The third-order valence-electron chi connectivity index (χ3n) is 3.94. The smallest absolute Gasteiger partial charge is 0.317 e. The van der Waals surface area contributed by atoms with E-state index in [0.29, 0.717) is 12.5 Å². The third kappa shape index (κ3) is 4.56. The first-order chi connectivity index (χ1) is 9.65. The number of urea groups is 1. The molecule has 1 aromatic rings. The zero-order valence-corrected chi connectivity index (χ0v) is 12.5. The average molecular weight is 279 g/mol. The van der Waals surface area contributed by atoms with Crippen LogP contribution in [0.4, 0.5) is 4.79 Å². The predicted octanol–water partition coefficient (Wildman–Crippen LogP) is 1.81. The molecular formula is C15H25N3O2.